The van der Waals surface area contributed by atoms with Gasteiger partial charge in [-0.15, -0.1) is 0 Å². The Morgan fingerprint density at radius 1 is 1.29 bits per heavy atom. The fourth-order valence-corrected chi connectivity index (χ4v) is 2.17. The summed E-state index contributed by atoms with van der Waals surface area (Å²) < 4.78 is 46.4. The van der Waals surface area contributed by atoms with Gasteiger partial charge in [-0.25, -0.2) is 17.2 Å². The van der Waals surface area contributed by atoms with Gasteiger partial charge in [-0.2, -0.15) is 0 Å². The van der Waals surface area contributed by atoms with Crippen molar-refractivity contribution in [1.29, 1.82) is 0 Å². The molecule has 1 aromatic rings. The van der Waals surface area contributed by atoms with Gasteiger partial charge in [0.15, 0.2) is 0 Å². The summed E-state index contributed by atoms with van der Waals surface area (Å²) in [5.74, 6) is 0. The minimum atomic E-state index is -4.16. The lowest BCUT2D eigenvalue weighted by molar-refractivity contribution is 0.148. The molecule has 0 amide bonds. The molecule has 0 N–H and O–H groups in total. The zero-order valence-corrected chi connectivity index (χ0v) is 8.87. The first kappa shape index (κ1) is 11.7. The molecule has 0 aliphatic carbocycles. The summed E-state index contributed by atoms with van der Waals surface area (Å²) in [6.45, 7) is 0. The van der Waals surface area contributed by atoms with Crippen LogP contribution in [0.4, 0.5) is 8.78 Å². The molecule has 1 aromatic carbocycles. The quantitative estimate of drug-likeness (QED) is 0.766. The van der Waals surface area contributed by atoms with Crippen LogP contribution < -0.4 is 0 Å². The fourth-order valence-electron chi connectivity index (χ4n) is 0.912. The lowest BCUT2D eigenvalue weighted by Crippen LogP contribution is -1.98. The van der Waals surface area contributed by atoms with Crippen molar-refractivity contribution in [2.75, 3.05) is 0 Å². The Morgan fingerprint density at radius 2 is 1.86 bits per heavy atom. The molecular formula is C7H4Cl2F2O2S. The molecular weight excluding hydrogens is 257 g/mol. The number of rotatable bonds is 2. The summed E-state index contributed by atoms with van der Waals surface area (Å²) in [6.07, 6.45) is -2.93. The van der Waals surface area contributed by atoms with E-state index >= 15 is 0 Å². The van der Waals surface area contributed by atoms with Crippen LogP contribution in [0, 0.1) is 0 Å². The molecule has 14 heavy (non-hydrogen) atoms. The van der Waals surface area contributed by atoms with E-state index in [0.29, 0.717) is 0 Å². The lowest BCUT2D eigenvalue weighted by Gasteiger charge is -2.05. The van der Waals surface area contributed by atoms with E-state index < -0.39 is 25.9 Å². The summed E-state index contributed by atoms with van der Waals surface area (Å²) in [4.78, 5) is -0.612. The molecule has 0 saturated heterocycles. The van der Waals surface area contributed by atoms with Crippen LogP contribution in [-0.4, -0.2) is 8.42 Å². The highest BCUT2D eigenvalue weighted by Crippen LogP contribution is 2.30. The van der Waals surface area contributed by atoms with E-state index in [-0.39, 0.29) is 5.02 Å². The molecule has 0 radical (unpaired) electrons. The van der Waals surface area contributed by atoms with Crippen molar-refractivity contribution >= 4 is 31.3 Å². The van der Waals surface area contributed by atoms with Gasteiger partial charge in [0.25, 0.3) is 15.5 Å². The van der Waals surface area contributed by atoms with Gasteiger partial charge in [0.05, 0.1) is 4.90 Å². The zero-order valence-electron chi connectivity index (χ0n) is 6.55. The normalized spacial score (nSPS) is 12.1. The SMILES string of the molecule is O=S(=O)(Cl)c1ccc(Cl)cc1C(F)F. The van der Waals surface area contributed by atoms with Crippen molar-refractivity contribution in [3.05, 3.63) is 28.8 Å². The van der Waals surface area contributed by atoms with Crippen LogP contribution in [0.3, 0.4) is 0 Å². The van der Waals surface area contributed by atoms with E-state index in [2.05, 4.69) is 0 Å². The van der Waals surface area contributed by atoms with Gasteiger partial charge in [-0.3, -0.25) is 0 Å². The lowest BCUT2D eigenvalue weighted by atomic mass is 10.2. The second-order valence-electron chi connectivity index (χ2n) is 2.42. The summed E-state index contributed by atoms with van der Waals surface area (Å²) >= 11 is 5.44. The van der Waals surface area contributed by atoms with E-state index in [0.717, 1.165) is 12.1 Å². The number of halogens is 4. The molecule has 0 heterocycles. The van der Waals surface area contributed by atoms with E-state index in [1.54, 1.807) is 0 Å². The van der Waals surface area contributed by atoms with Gasteiger partial charge in [-0.05, 0) is 18.2 Å². The second kappa shape index (κ2) is 4.00. The molecule has 0 aliphatic heterocycles. The average molecular weight is 261 g/mol. The number of alkyl halides is 2. The molecule has 0 fully saturated rings. The highest BCUT2D eigenvalue weighted by molar-refractivity contribution is 8.13. The number of benzene rings is 1. The standard InChI is InChI=1S/C7H4Cl2F2O2S/c8-4-1-2-6(14(9,12)13)5(3-4)7(10)11/h1-3,7H. The molecule has 1 rings (SSSR count). The van der Waals surface area contributed by atoms with Crippen LogP contribution in [0.1, 0.15) is 12.0 Å². The Bertz CT molecular complexity index is 445. The van der Waals surface area contributed by atoms with Crippen LogP contribution in [0.5, 0.6) is 0 Å². The maximum atomic E-state index is 12.4. The minimum Gasteiger partial charge on any atom is -0.207 e. The predicted molar refractivity (Wildman–Crippen MR) is 49.4 cm³/mol. The first-order chi connectivity index (χ1) is 6.32. The summed E-state index contributed by atoms with van der Waals surface area (Å²) in [7, 11) is 0.794. The number of hydrogen-bond acceptors (Lipinski definition) is 2. The largest absolute Gasteiger partial charge is 0.265 e. The van der Waals surface area contributed by atoms with Gasteiger partial charge in [0.2, 0.25) is 0 Å². The first-order valence-corrected chi connectivity index (χ1v) is 6.03. The molecule has 0 unspecified atom stereocenters. The predicted octanol–water partition coefficient (Wildman–Crippen LogP) is 3.21. The maximum absolute atomic E-state index is 12.4. The molecule has 7 heteroatoms. The second-order valence-corrected chi connectivity index (χ2v) is 5.39. The summed E-state index contributed by atoms with van der Waals surface area (Å²) in [6, 6.07) is 3.01. The van der Waals surface area contributed by atoms with Crippen LogP contribution in [0.25, 0.3) is 0 Å². The highest BCUT2D eigenvalue weighted by atomic mass is 35.7. The Balaban J connectivity index is 3.45. The number of hydrogen-bond donors (Lipinski definition) is 0. The van der Waals surface area contributed by atoms with Gasteiger partial charge in [0.1, 0.15) is 0 Å². The van der Waals surface area contributed by atoms with Crippen molar-refractivity contribution in [3.63, 3.8) is 0 Å². The maximum Gasteiger partial charge on any atom is 0.265 e. The molecule has 0 atom stereocenters. The van der Waals surface area contributed by atoms with E-state index in [9.17, 15) is 17.2 Å². The van der Waals surface area contributed by atoms with Crippen LogP contribution in [-0.2, 0) is 9.05 Å². The van der Waals surface area contributed by atoms with Gasteiger partial charge < -0.3 is 0 Å². The molecule has 78 valence electrons. The molecule has 0 aliphatic rings. The Labute approximate surface area is 88.9 Å². The van der Waals surface area contributed by atoms with Crippen LogP contribution in [0.2, 0.25) is 5.02 Å². The van der Waals surface area contributed by atoms with Crippen molar-refractivity contribution in [2.45, 2.75) is 11.3 Å². The fraction of sp³-hybridized carbons (Fsp3) is 0.143. The minimum absolute atomic E-state index is 0.0318. The third kappa shape index (κ3) is 2.56. The Morgan fingerprint density at radius 3 is 2.29 bits per heavy atom. The monoisotopic (exact) mass is 260 g/mol. The molecule has 0 aromatic heterocycles. The summed E-state index contributed by atoms with van der Waals surface area (Å²) in [5.41, 5.74) is -0.687. The Kier molecular flexibility index (Phi) is 3.34. The molecule has 2 nitrogen and oxygen atoms in total. The van der Waals surface area contributed by atoms with Gasteiger partial charge in [0, 0.05) is 21.3 Å². The zero-order chi connectivity index (χ0) is 10.9. The first-order valence-electron chi connectivity index (χ1n) is 3.34. The average Bonchev–Trinajstić information content (AvgIpc) is 2.01. The Hall–Kier alpha value is -0.390. The van der Waals surface area contributed by atoms with Crippen LogP contribution >= 0.6 is 22.3 Å². The third-order valence-electron chi connectivity index (χ3n) is 1.47. The smallest absolute Gasteiger partial charge is 0.207 e. The van der Waals surface area contributed by atoms with E-state index in [1.807, 2.05) is 0 Å². The van der Waals surface area contributed by atoms with Gasteiger partial charge in [-0.1, -0.05) is 11.6 Å². The molecule has 0 spiro atoms. The van der Waals surface area contributed by atoms with Crippen molar-refractivity contribution in [3.8, 4) is 0 Å². The van der Waals surface area contributed by atoms with Crippen molar-refractivity contribution in [1.82, 2.24) is 0 Å². The topological polar surface area (TPSA) is 34.1 Å². The molecule has 0 bridgehead atoms. The van der Waals surface area contributed by atoms with Gasteiger partial charge >= 0.3 is 0 Å². The van der Waals surface area contributed by atoms with Crippen LogP contribution in [0.15, 0.2) is 23.1 Å². The van der Waals surface area contributed by atoms with E-state index in [1.165, 1.54) is 6.07 Å². The highest BCUT2D eigenvalue weighted by Gasteiger charge is 2.21. The van der Waals surface area contributed by atoms with E-state index in [4.69, 9.17) is 22.3 Å². The van der Waals surface area contributed by atoms with Crippen molar-refractivity contribution in [2.24, 2.45) is 0 Å². The summed E-state index contributed by atoms with van der Waals surface area (Å²) in [5, 5.41) is 0.0318. The van der Waals surface area contributed by atoms with Crippen molar-refractivity contribution < 1.29 is 17.2 Å². The molecule has 0 saturated carbocycles. The third-order valence-corrected chi connectivity index (χ3v) is 3.10.